The van der Waals surface area contributed by atoms with Crippen LogP contribution >= 0.6 is 11.8 Å². The molecule has 5 nitrogen and oxygen atoms in total. The zero-order valence-electron chi connectivity index (χ0n) is 22.5. The van der Waals surface area contributed by atoms with Crippen LogP contribution < -0.4 is 4.90 Å². The topological polar surface area (TPSA) is 30.0 Å². The third-order valence-electron chi connectivity index (χ3n) is 8.44. The quantitative estimate of drug-likeness (QED) is 0.472. The largest absolute Gasteiger partial charge is 0.416 e. The van der Waals surface area contributed by atoms with Gasteiger partial charge in [-0.1, -0.05) is 36.4 Å². The van der Waals surface area contributed by atoms with Gasteiger partial charge in [0.15, 0.2) is 0 Å². The average Bonchev–Trinajstić information content (AvgIpc) is 2.97. The van der Waals surface area contributed by atoms with Gasteiger partial charge >= 0.3 is 6.18 Å². The molecular formula is C30H39F3N4OS. The van der Waals surface area contributed by atoms with Crippen molar-refractivity contribution >= 4 is 23.4 Å². The average molecular weight is 561 g/mol. The summed E-state index contributed by atoms with van der Waals surface area (Å²) in [6.07, 6.45) is -1.81. The van der Waals surface area contributed by atoms with Gasteiger partial charge in [-0.25, -0.2) is 0 Å². The van der Waals surface area contributed by atoms with Gasteiger partial charge < -0.3 is 9.80 Å². The van der Waals surface area contributed by atoms with E-state index in [1.807, 2.05) is 22.7 Å². The predicted molar refractivity (Wildman–Crippen MR) is 152 cm³/mol. The first kappa shape index (κ1) is 28.3. The van der Waals surface area contributed by atoms with Crippen LogP contribution in [0.3, 0.4) is 0 Å². The smallest absolute Gasteiger partial charge is 0.369 e. The second kappa shape index (κ2) is 13.0. The second-order valence-electron chi connectivity index (χ2n) is 10.9. The Labute approximate surface area is 234 Å². The van der Waals surface area contributed by atoms with Crippen molar-refractivity contribution < 1.29 is 18.0 Å². The minimum absolute atomic E-state index is 0.281. The number of alkyl halides is 3. The van der Waals surface area contributed by atoms with Gasteiger partial charge in [-0.05, 0) is 49.1 Å². The molecule has 0 N–H and O–H groups in total. The van der Waals surface area contributed by atoms with Crippen molar-refractivity contribution in [2.24, 2.45) is 5.92 Å². The van der Waals surface area contributed by atoms with Crippen molar-refractivity contribution in [1.29, 1.82) is 0 Å². The minimum Gasteiger partial charge on any atom is -0.369 e. The lowest BCUT2D eigenvalue weighted by Crippen LogP contribution is -2.56. The number of nitrogens with zero attached hydrogens (tertiary/aromatic N) is 4. The molecular weight excluding hydrogens is 521 g/mol. The van der Waals surface area contributed by atoms with E-state index < -0.39 is 11.7 Å². The Bertz CT molecular complexity index is 1070. The summed E-state index contributed by atoms with van der Waals surface area (Å²) >= 11 is 1.92. The van der Waals surface area contributed by atoms with E-state index >= 15 is 0 Å². The molecule has 5 rings (SSSR count). The molecule has 0 bridgehead atoms. The summed E-state index contributed by atoms with van der Waals surface area (Å²) in [5, 5.41) is 0. The molecule has 3 saturated heterocycles. The number of thioether (sulfide) groups is 1. The number of halogens is 3. The zero-order valence-corrected chi connectivity index (χ0v) is 23.3. The highest BCUT2D eigenvalue weighted by Gasteiger charge is 2.36. The third kappa shape index (κ3) is 7.50. The number of piperazine rings is 1. The summed E-state index contributed by atoms with van der Waals surface area (Å²) in [5.41, 5.74) is 1.36. The van der Waals surface area contributed by atoms with E-state index in [2.05, 4.69) is 39.0 Å². The minimum atomic E-state index is -4.33. The second-order valence-corrected chi connectivity index (χ2v) is 12.2. The number of hydrogen-bond donors (Lipinski definition) is 0. The molecule has 0 aliphatic carbocycles. The summed E-state index contributed by atoms with van der Waals surface area (Å²) in [5.74, 6) is 2.73. The summed E-state index contributed by atoms with van der Waals surface area (Å²) in [6, 6.07) is 16.6. The van der Waals surface area contributed by atoms with Gasteiger partial charge in [0, 0.05) is 82.0 Å². The van der Waals surface area contributed by atoms with Crippen LogP contribution in [0.4, 0.5) is 18.9 Å². The maximum Gasteiger partial charge on any atom is 0.416 e. The van der Waals surface area contributed by atoms with Crippen molar-refractivity contribution in [2.45, 2.75) is 38.0 Å². The molecule has 3 aliphatic heterocycles. The van der Waals surface area contributed by atoms with E-state index in [4.69, 9.17) is 0 Å². The zero-order chi connectivity index (χ0) is 27.2. The summed E-state index contributed by atoms with van der Waals surface area (Å²) in [6.45, 7) is 7.69. The number of carbonyl (C=O) groups excluding carboxylic acids is 1. The van der Waals surface area contributed by atoms with E-state index in [0.717, 1.165) is 76.2 Å². The Hall–Kier alpha value is -2.23. The van der Waals surface area contributed by atoms with Gasteiger partial charge in [0.05, 0.1) is 5.56 Å². The molecule has 2 aromatic rings. The van der Waals surface area contributed by atoms with Crippen LogP contribution in [0.2, 0.25) is 0 Å². The van der Waals surface area contributed by atoms with Crippen LogP contribution in [-0.4, -0.2) is 90.5 Å². The van der Waals surface area contributed by atoms with E-state index in [1.54, 1.807) is 6.07 Å². The number of likely N-dealkylation sites (tertiary alicyclic amines) is 1. The lowest BCUT2D eigenvalue weighted by molar-refractivity contribution is -0.137. The van der Waals surface area contributed by atoms with Crippen LogP contribution in [0.5, 0.6) is 0 Å². The molecule has 0 aromatic heterocycles. The molecule has 2 aromatic carbocycles. The number of hydrogen-bond acceptors (Lipinski definition) is 5. The molecule has 39 heavy (non-hydrogen) atoms. The highest BCUT2D eigenvalue weighted by Crippen LogP contribution is 2.33. The molecule has 0 unspecified atom stereocenters. The molecule has 212 valence electrons. The number of rotatable bonds is 7. The molecule has 3 aliphatic rings. The Morgan fingerprint density at radius 2 is 1.64 bits per heavy atom. The van der Waals surface area contributed by atoms with Crippen LogP contribution in [0, 0.1) is 5.92 Å². The fraction of sp³-hybridized carbons (Fsp3) is 0.567. The normalized spacial score (nSPS) is 23.7. The molecule has 3 heterocycles. The van der Waals surface area contributed by atoms with Crippen molar-refractivity contribution in [1.82, 2.24) is 14.7 Å². The Kier molecular flexibility index (Phi) is 9.40. The first-order valence-electron chi connectivity index (χ1n) is 14.1. The Balaban J connectivity index is 1.22. The maximum atomic E-state index is 13.2. The fourth-order valence-electron chi connectivity index (χ4n) is 6.32. The molecule has 0 radical (unpaired) electrons. The fourth-order valence-corrected chi connectivity index (χ4v) is 7.22. The van der Waals surface area contributed by atoms with Gasteiger partial charge in [0.25, 0.3) is 0 Å². The van der Waals surface area contributed by atoms with E-state index in [-0.39, 0.29) is 5.91 Å². The molecule has 0 saturated carbocycles. The Morgan fingerprint density at radius 1 is 0.897 bits per heavy atom. The molecule has 0 spiro atoms. The molecule has 2 atom stereocenters. The van der Waals surface area contributed by atoms with Crippen LogP contribution in [0.25, 0.3) is 0 Å². The summed E-state index contributed by atoms with van der Waals surface area (Å²) in [4.78, 5) is 22.2. The number of benzene rings is 2. The van der Waals surface area contributed by atoms with Crippen LogP contribution in [0.1, 0.15) is 30.4 Å². The first-order chi connectivity index (χ1) is 18.9. The summed E-state index contributed by atoms with van der Waals surface area (Å²) in [7, 11) is 0. The maximum absolute atomic E-state index is 13.2. The lowest BCUT2D eigenvalue weighted by atomic mass is 9.86. The number of carbonyl (C=O) groups is 1. The number of anilines is 1. The van der Waals surface area contributed by atoms with Gasteiger partial charge in [0.1, 0.15) is 0 Å². The van der Waals surface area contributed by atoms with E-state index in [9.17, 15) is 18.0 Å². The SMILES string of the molecule is O=C(CC[C@@H]1CN(Cc2ccccc2)CC[C@@H]1N1CCN(c2cccc(C(F)(F)F)c2)CC1)N1CCSCC1. The van der Waals surface area contributed by atoms with Gasteiger partial charge in [-0.3, -0.25) is 14.6 Å². The van der Waals surface area contributed by atoms with E-state index in [1.165, 1.54) is 17.7 Å². The van der Waals surface area contributed by atoms with Gasteiger partial charge in [-0.2, -0.15) is 24.9 Å². The van der Waals surface area contributed by atoms with Crippen LogP contribution in [0.15, 0.2) is 54.6 Å². The molecule has 3 fully saturated rings. The lowest BCUT2D eigenvalue weighted by Gasteiger charge is -2.47. The monoisotopic (exact) mass is 560 g/mol. The van der Waals surface area contributed by atoms with E-state index in [0.29, 0.717) is 37.2 Å². The van der Waals surface area contributed by atoms with Gasteiger partial charge in [-0.15, -0.1) is 0 Å². The Morgan fingerprint density at radius 3 is 2.36 bits per heavy atom. The molecule has 1 amide bonds. The summed E-state index contributed by atoms with van der Waals surface area (Å²) < 4.78 is 39.7. The highest BCUT2D eigenvalue weighted by atomic mass is 32.2. The number of piperidine rings is 1. The van der Waals surface area contributed by atoms with Gasteiger partial charge in [0.2, 0.25) is 5.91 Å². The highest BCUT2D eigenvalue weighted by molar-refractivity contribution is 7.99. The van der Waals surface area contributed by atoms with Crippen molar-refractivity contribution in [3.05, 3.63) is 65.7 Å². The van der Waals surface area contributed by atoms with Crippen LogP contribution in [-0.2, 0) is 17.5 Å². The first-order valence-corrected chi connectivity index (χ1v) is 15.3. The third-order valence-corrected chi connectivity index (χ3v) is 9.38. The van der Waals surface area contributed by atoms with Crippen molar-refractivity contribution in [2.75, 3.05) is 68.8 Å². The van der Waals surface area contributed by atoms with Crippen molar-refractivity contribution in [3.63, 3.8) is 0 Å². The number of amides is 1. The standard InChI is InChI=1S/C30H39F3N4OS/c31-30(32,33)26-7-4-8-27(21-26)35-13-15-36(16-14-35)28-11-12-34(22-24-5-2-1-3-6-24)23-25(28)9-10-29(38)37-17-19-39-20-18-37/h1-8,21,25,28H,9-20,22-23H2/t25-,28+/m1/s1. The van der Waals surface area contributed by atoms with Crippen molar-refractivity contribution in [3.8, 4) is 0 Å². The molecule has 9 heteroatoms. The predicted octanol–water partition coefficient (Wildman–Crippen LogP) is 5.07.